The minimum Gasteiger partial charge on any atom is -0.338 e. The highest BCUT2D eigenvalue weighted by Gasteiger charge is 2.49. The maximum absolute atomic E-state index is 13.8. The molecule has 2 amide bonds. The Morgan fingerprint density at radius 2 is 1.65 bits per heavy atom. The van der Waals surface area contributed by atoms with Gasteiger partial charge in [0.15, 0.2) is 9.84 Å². The lowest BCUT2D eigenvalue weighted by Gasteiger charge is -2.30. The van der Waals surface area contributed by atoms with Crippen LogP contribution in [0, 0.1) is 0 Å². The van der Waals surface area contributed by atoms with Crippen LogP contribution >= 0.6 is 11.3 Å². The summed E-state index contributed by atoms with van der Waals surface area (Å²) in [5.41, 5.74) is 3.03. The van der Waals surface area contributed by atoms with Crippen LogP contribution in [0.15, 0.2) is 84.9 Å². The minimum absolute atomic E-state index is 0.0292. The van der Waals surface area contributed by atoms with Gasteiger partial charge in [-0.3, -0.25) is 14.8 Å². The standard InChI is InChI=1S/C28H26N2O5S2/c31-26(29-33)19-28(14-15-30(16-17-37(28,34)35)27(32)21-7-2-1-3-8-21)25-13-12-24(36-25)23-11-10-20-6-4-5-9-22(20)18-23/h1-13,18,33H,14-17,19H2,(H,29,31). The van der Waals surface area contributed by atoms with Crippen LogP contribution in [0.2, 0.25) is 0 Å². The SMILES string of the molecule is O=C(CC1(c2ccc(-c3ccc4ccccc4c3)s2)CCN(C(=O)c2ccccc2)CCS1(=O)=O)NO. The van der Waals surface area contributed by atoms with Crippen LogP contribution in [0.5, 0.6) is 0 Å². The van der Waals surface area contributed by atoms with Crippen molar-refractivity contribution < 1.29 is 23.2 Å². The lowest BCUT2D eigenvalue weighted by molar-refractivity contribution is -0.129. The van der Waals surface area contributed by atoms with Gasteiger partial charge in [0.25, 0.3) is 5.91 Å². The van der Waals surface area contributed by atoms with Crippen molar-refractivity contribution in [2.24, 2.45) is 0 Å². The zero-order valence-corrected chi connectivity index (χ0v) is 21.6. The average Bonchev–Trinajstić information content (AvgIpc) is 3.38. The second-order valence-corrected chi connectivity index (χ2v) is 12.7. The fourth-order valence-corrected chi connectivity index (χ4v) is 8.52. The number of nitrogens with zero attached hydrogens (tertiary/aromatic N) is 1. The number of carbonyl (C=O) groups excluding carboxylic acids is 2. The Bertz CT molecular complexity index is 1570. The third-order valence-electron chi connectivity index (χ3n) is 6.98. The number of fused-ring (bicyclic) bond motifs is 1. The van der Waals surface area contributed by atoms with Gasteiger partial charge in [0.1, 0.15) is 4.75 Å². The molecule has 0 aliphatic carbocycles. The molecular formula is C28H26N2O5S2. The van der Waals surface area contributed by atoms with E-state index < -0.39 is 26.9 Å². The number of thiophene rings is 1. The van der Waals surface area contributed by atoms with Gasteiger partial charge in [0.2, 0.25) is 5.91 Å². The van der Waals surface area contributed by atoms with E-state index in [9.17, 15) is 23.2 Å². The predicted molar refractivity (Wildman–Crippen MR) is 144 cm³/mol. The number of benzene rings is 3. The summed E-state index contributed by atoms with van der Waals surface area (Å²) < 4.78 is 26.1. The molecule has 3 aromatic carbocycles. The monoisotopic (exact) mass is 534 g/mol. The van der Waals surface area contributed by atoms with Crippen molar-refractivity contribution in [3.05, 3.63) is 95.4 Å². The summed E-state index contributed by atoms with van der Waals surface area (Å²) in [7, 11) is -3.89. The van der Waals surface area contributed by atoms with E-state index in [1.807, 2.05) is 48.5 Å². The number of nitrogens with one attached hydrogen (secondary N) is 1. The Kier molecular flexibility index (Phi) is 6.85. The number of hydroxylamine groups is 1. The molecule has 7 nitrogen and oxygen atoms in total. The Morgan fingerprint density at radius 3 is 2.41 bits per heavy atom. The maximum Gasteiger partial charge on any atom is 0.253 e. The van der Waals surface area contributed by atoms with Crippen LogP contribution in [-0.2, 0) is 19.4 Å². The normalized spacial score (nSPS) is 19.3. The van der Waals surface area contributed by atoms with Gasteiger partial charge in [-0.25, -0.2) is 13.9 Å². The molecule has 1 fully saturated rings. The Morgan fingerprint density at radius 1 is 0.919 bits per heavy atom. The molecular weight excluding hydrogens is 508 g/mol. The number of rotatable bonds is 5. The average molecular weight is 535 g/mol. The molecule has 0 saturated carbocycles. The zero-order valence-electron chi connectivity index (χ0n) is 20.0. The van der Waals surface area contributed by atoms with Crippen molar-refractivity contribution in [3.8, 4) is 10.4 Å². The molecule has 9 heteroatoms. The van der Waals surface area contributed by atoms with Crippen LogP contribution in [-0.4, -0.2) is 49.2 Å². The van der Waals surface area contributed by atoms with E-state index in [1.54, 1.807) is 35.8 Å². The summed E-state index contributed by atoms with van der Waals surface area (Å²) in [5, 5.41) is 11.5. The van der Waals surface area contributed by atoms with Crippen LogP contribution in [0.25, 0.3) is 21.2 Å². The Balaban J connectivity index is 1.53. The smallest absolute Gasteiger partial charge is 0.253 e. The second-order valence-electron chi connectivity index (χ2n) is 9.16. The summed E-state index contributed by atoms with van der Waals surface area (Å²) in [6.07, 6.45) is -0.393. The first kappa shape index (κ1) is 25.1. The molecule has 1 aliphatic rings. The van der Waals surface area contributed by atoms with Crippen LogP contribution in [0.1, 0.15) is 28.1 Å². The third-order valence-corrected chi connectivity index (χ3v) is 10.9. The van der Waals surface area contributed by atoms with E-state index in [4.69, 9.17) is 0 Å². The Labute approximate surface area is 219 Å². The van der Waals surface area contributed by atoms with Crippen molar-refractivity contribution in [1.29, 1.82) is 0 Å². The Hall–Kier alpha value is -3.53. The highest BCUT2D eigenvalue weighted by molar-refractivity contribution is 7.92. The van der Waals surface area contributed by atoms with Gasteiger partial charge in [0.05, 0.1) is 12.2 Å². The van der Waals surface area contributed by atoms with E-state index in [-0.39, 0.29) is 31.2 Å². The quantitative estimate of drug-likeness (QED) is 0.287. The number of amides is 2. The molecule has 1 saturated heterocycles. The van der Waals surface area contributed by atoms with Crippen molar-refractivity contribution in [2.75, 3.05) is 18.8 Å². The largest absolute Gasteiger partial charge is 0.338 e. The van der Waals surface area contributed by atoms with Gasteiger partial charge in [-0.2, -0.15) is 0 Å². The highest BCUT2D eigenvalue weighted by Crippen LogP contribution is 2.45. The van der Waals surface area contributed by atoms with Crippen molar-refractivity contribution in [2.45, 2.75) is 17.6 Å². The number of sulfone groups is 1. The van der Waals surface area contributed by atoms with Crippen molar-refractivity contribution in [3.63, 3.8) is 0 Å². The lowest BCUT2D eigenvalue weighted by Crippen LogP contribution is -2.41. The molecule has 0 radical (unpaired) electrons. The molecule has 4 aromatic rings. The van der Waals surface area contributed by atoms with Crippen molar-refractivity contribution in [1.82, 2.24) is 10.4 Å². The van der Waals surface area contributed by atoms with Gasteiger partial charge < -0.3 is 4.90 Å². The number of carbonyl (C=O) groups is 2. The molecule has 0 spiro atoms. The maximum atomic E-state index is 13.8. The van der Waals surface area contributed by atoms with Gasteiger partial charge in [-0.15, -0.1) is 11.3 Å². The van der Waals surface area contributed by atoms with E-state index in [0.29, 0.717) is 10.4 Å². The lowest BCUT2D eigenvalue weighted by atomic mass is 9.97. The highest BCUT2D eigenvalue weighted by atomic mass is 32.2. The molecule has 2 heterocycles. The third kappa shape index (κ3) is 4.77. The van der Waals surface area contributed by atoms with E-state index in [2.05, 4.69) is 6.07 Å². The first-order valence-corrected chi connectivity index (χ1v) is 14.4. The molecule has 1 aliphatic heterocycles. The summed E-state index contributed by atoms with van der Waals surface area (Å²) in [6.45, 7) is 0.191. The summed E-state index contributed by atoms with van der Waals surface area (Å²) in [6, 6.07) is 26.4. The van der Waals surface area contributed by atoms with Crippen LogP contribution < -0.4 is 5.48 Å². The summed E-state index contributed by atoms with van der Waals surface area (Å²) >= 11 is 1.33. The van der Waals surface area contributed by atoms with Gasteiger partial charge in [-0.05, 0) is 53.1 Å². The molecule has 1 aromatic heterocycles. The van der Waals surface area contributed by atoms with E-state index in [0.717, 1.165) is 21.2 Å². The van der Waals surface area contributed by atoms with Gasteiger partial charge in [-0.1, -0.05) is 54.6 Å². The van der Waals surface area contributed by atoms with E-state index in [1.165, 1.54) is 16.2 Å². The van der Waals surface area contributed by atoms with E-state index >= 15 is 0 Å². The molecule has 5 rings (SSSR count). The second kappa shape index (κ2) is 10.1. The summed E-state index contributed by atoms with van der Waals surface area (Å²) in [4.78, 5) is 28.4. The predicted octanol–water partition coefficient (Wildman–Crippen LogP) is 4.62. The molecule has 37 heavy (non-hydrogen) atoms. The molecule has 0 bridgehead atoms. The van der Waals surface area contributed by atoms with Crippen LogP contribution in [0.4, 0.5) is 0 Å². The van der Waals surface area contributed by atoms with Gasteiger partial charge in [0, 0.05) is 28.4 Å². The first-order chi connectivity index (χ1) is 17.8. The van der Waals surface area contributed by atoms with Crippen LogP contribution in [0.3, 0.4) is 0 Å². The fourth-order valence-electron chi connectivity index (χ4n) is 4.92. The fraction of sp³-hybridized carbons (Fsp3) is 0.214. The molecule has 1 unspecified atom stereocenters. The minimum atomic E-state index is -3.89. The zero-order chi connectivity index (χ0) is 26.0. The number of hydrogen-bond donors (Lipinski definition) is 2. The van der Waals surface area contributed by atoms with Gasteiger partial charge >= 0.3 is 0 Å². The molecule has 1 atom stereocenters. The summed E-state index contributed by atoms with van der Waals surface area (Å²) in [5.74, 6) is -1.32. The van der Waals surface area contributed by atoms with Crippen molar-refractivity contribution >= 4 is 43.8 Å². The molecule has 2 N–H and O–H groups in total. The number of hydrogen-bond acceptors (Lipinski definition) is 6. The first-order valence-electron chi connectivity index (χ1n) is 11.9. The molecule has 190 valence electrons. The topological polar surface area (TPSA) is 104 Å².